The zero-order chi connectivity index (χ0) is 14.7. The van der Waals surface area contributed by atoms with E-state index in [4.69, 9.17) is 0 Å². The van der Waals surface area contributed by atoms with Gasteiger partial charge in [0.1, 0.15) is 0 Å². The van der Waals surface area contributed by atoms with Crippen molar-refractivity contribution in [2.24, 2.45) is 5.92 Å². The molecule has 1 saturated heterocycles. The molecule has 2 nitrogen and oxygen atoms in total. The number of hydrogen-bond donors (Lipinski definition) is 1. The van der Waals surface area contributed by atoms with Crippen LogP contribution in [0.15, 0.2) is 30.3 Å². The van der Waals surface area contributed by atoms with Crippen LogP contribution in [0.2, 0.25) is 0 Å². The summed E-state index contributed by atoms with van der Waals surface area (Å²) in [4.78, 5) is 2.78. The van der Waals surface area contributed by atoms with Crippen LogP contribution < -0.4 is 5.32 Å². The summed E-state index contributed by atoms with van der Waals surface area (Å²) < 4.78 is 0. The number of hydrogen-bond acceptors (Lipinski definition) is 2. The van der Waals surface area contributed by atoms with Gasteiger partial charge in [-0.05, 0) is 50.8 Å². The molecule has 2 heteroatoms. The molecular weight excluding hydrogens is 256 g/mol. The van der Waals surface area contributed by atoms with Crippen LogP contribution in [0.5, 0.6) is 0 Å². The van der Waals surface area contributed by atoms with Gasteiger partial charge in [0.05, 0.1) is 5.54 Å². The van der Waals surface area contributed by atoms with Gasteiger partial charge >= 0.3 is 0 Å². The largest absolute Gasteiger partial charge is 0.307 e. The van der Waals surface area contributed by atoms with E-state index in [9.17, 15) is 0 Å². The molecule has 1 aromatic carbocycles. The van der Waals surface area contributed by atoms with Crippen LogP contribution in [0, 0.1) is 5.92 Å². The molecule has 0 amide bonds. The van der Waals surface area contributed by atoms with E-state index < -0.39 is 0 Å². The molecule has 3 unspecified atom stereocenters. The minimum atomic E-state index is 0.0957. The molecule has 3 rings (SSSR count). The Morgan fingerprint density at radius 3 is 2.71 bits per heavy atom. The summed E-state index contributed by atoms with van der Waals surface area (Å²) in [5.41, 5.74) is 1.53. The maximum atomic E-state index is 3.81. The average Bonchev–Trinajstić information content (AvgIpc) is 2.71. The maximum absolute atomic E-state index is 3.81. The van der Waals surface area contributed by atoms with Gasteiger partial charge in [-0.15, -0.1) is 0 Å². The molecular formula is C19H30N2. The molecule has 1 heterocycles. The Bertz CT molecular complexity index is 444. The van der Waals surface area contributed by atoms with E-state index in [1.165, 1.54) is 44.2 Å². The fraction of sp³-hybridized carbons (Fsp3) is 0.684. The van der Waals surface area contributed by atoms with Crippen molar-refractivity contribution in [2.45, 2.75) is 57.5 Å². The van der Waals surface area contributed by atoms with E-state index in [-0.39, 0.29) is 5.54 Å². The summed E-state index contributed by atoms with van der Waals surface area (Å²) in [7, 11) is 0. The van der Waals surface area contributed by atoms with Gasteiger partial charge in [-0.1, -0.05) is 50.1 Å². The second-order valence-electron chi connectivity index (χ2n) is 7.37. The second kappa shape index (κ2) is 6.50. The van der Waals surface area contributed by atoms with Crippen molar-refractivity contribution in [3.05, 3.63) is 35.9 Å². The second-order valence-corrected chi connectivity index (χ2v) is 7.37. The fourth-order valence-electron chi connectivity index (χ4n) is 4.23. The fourth-order valence-corrected chi connectivity index (χ4v) is 4.23. The van der Waals surface area contributed by atoms with E-state index >= 15 is 0 Å². The lowest BCUT2D eigenvalue weighted by molar-refractivity contribution is 0.113. The average molecular weight is 286 g/mol. The Morgan fingerprint density at radius 1 is 1.14 bits per heavy atom. The van der Waals surface area contributed by atoms with Crippen molar-refractivity contribution in [1.29, 1.82) is 0 Å². The molecule has 3 atom stereocenters. The molecule has 1 N–H and O–H groups in total. The molecule has 0 aromatic heterocycles. The van der Waals surface area contributed by atoms with Crippen molar-refractivity contribution < 1.29 is 0 Å². The summed E-state index contributed by atoms with van der Waals surface area (Å²) >= 11 is 0. The third-order valence-corrected chi connectivity index (χ3v) is 5.49. The minimum Gasteiger partial charge on any atom is -0.307 e. The zero-order valence-electron chi connectivity index (χ0n) is 13.6. The highest BCUT2D eigenvalue weighted by molar-refractivity contribution is 5.24. The van der Waals surface area contributed by atoms with Crippen molar-refractivity contribution >= 4 is 0 Å². The summed E-state index contributed by atoms with van der Waals surface area (Å²) in [6, 6.07) is 11.8. The highest BCUT2D eigenvalue weighted by Crippen LogP contribution is 2.31. The predicted molar refractivity (Wildman–Crippen MR) is 89.4 cm³/mol. The van der Waals surface area contributed by atoms with Gasteiger partial charge in [0.25, 0.3) is 0 Å². The molecule has 2 aliphatic rings. The van der Waals surface area contributed by atoms with Crippen LogP contribution in [0.3, 0.4) is 0 Å². The highest BCUT2D eigenvalue weighted by Gasteiger charge is 2.34. The van der Waals surface area contributed by atoms with E-state index in [0.29, 0.717) is 0 Å². The molecule has 1 aliphatic heterocycles. The molecule has 1 aliphatic carbocycles. The molecule has 0 radical (unpaired) electrons. The smallest absolute Gasteiger partial charge is 0.0535 e. The lowest BCUT2D eigenvalue weighted by atomic mass is 9.84. The Kier molecular flexibility index (Phi) is 4.66. The van der Waals surface area contributed by atoms with E-state index in [1.54, 1.807) is 0 Å². The maximum Gasteiger partial charge on any atom is 0.0535 e. The van der Waals surface area contributed by atoms with Crippen LogP contribution >= 0.6 is 0 Å². The van der Waals surface area contributed by atoms with Gasteiger partial charge in [-0.2, -0.15) is 0 Å². The van der Waals surface area contributed by atoms with Gasteiger partial charge in [0, 0.05) is 12.6 Å². The SMILES string of the molecule is CC1CCCC(N2CCCNC(C)(c3ccccc3)C2)C1. The lowest BCUT2D eigenvalue weighted by Gasteiger charge is -2.40. The number of benzene rings is 1. The summed E-state index contributed by atoms with van der Waals surface area (Å²) in [6.07, 6.45) is 6.91. The normalized spacial score (nSPS) is 35.3. The van der Waals surface area contributed by atoms with Crippen LogP contribution in [0.4, 0.5) is 0 Å². The summed E-state index contributed by atoms with van der Waals surface area (Å²) in [5, 5.41) is 3.81. The quantitative estimate of drug-likeness (QED) is 0.890. The first-order valence-corrected chi connectivity index (χ1v) is 8.72. The Labute approximate surface area is 129 Å². The first kappa shape index (κ1) is 15.1. The molecule has 2 fully saturated rings. The van der Waals surface area contributed by atoms with E-state index in [0.717, 1.165) is 25.0 Å². The van der Waals surface area contributed by atoms with Crippen molar-refractivity contribution in [3.8, 4) is 0 Å². The Balaban J connectivity index is 1.77. The first-order valence-electron chi connectivity index (χ1n) is 8.72. The van der Waals surface area contributed by atoms with Gasteiger partial charge in [0.15, 0.2) is 0 Å². The van der Waals surface area contributed by atoms with Crippen LogP contribution in [-0.4, -0.2) is 30.6 Å². The number of nitrogens with zero attached hydrogens (tertiary/aromatic N) is 1. The van der Waals surface area contributed by atoms with Gasteiger partial charge in [-0.25, -0.2) is 0 Å². The van der Waals surface area contributed by atoms with E-state index in [1.807, 2.05) is 0 Å². The topological polar surface area (TPSA) is 15.3 Å². The Morgan fingerprint density at radius 2 is 1.95 bits per heavy atom. The molecule has 1 aromatic rings. The van der Waals surface area contributed by atoms with Crippen molar-refractivity contribution in [2.75, 3.05) is 19.6 Å². The molecule has 0 bridgehead atoms. The molecule has 0 spiro atoms. The summed E-state index contributed by atoms with van der Waals surface area (Å²) in [6.45, 7) is 8.34. The van der Waals surface area contributed by atoms with E-state index in [2.05, 4.69) is 54.4 Å². The van der Waals surface area contributed by atoms with Gasteiger partial charge < -0.3 is 5.32 Å². The lowest BCUT2D eigenvalue weighted by Crippen LogP contribution is -2.49. The van der Waals surface area contributed by atoms with Crippen LogP contribution in [0.1, 0.15) is 51.5 Å². The predicted octanol–water partition coefficient (Wildman–Crippen LogP) is 3.78. The standard InChI is InChI=1S/C19H30N2/c1-16-8-6-11-18(14-16)21-13-7-12-20-19(2,15-21)17-9-4-3-5-10-17/h3-5,9-10,16,18,20H,6-8,11-15H2,1-2H3. The zero-order valence-corrected chi connectivity index (χ0v) is 13.6. The molecule has 21 heavy (non-hydrogen) atoms. The first-order chi connectivity index (χ1) is 10.2. The minimum absolute atomic E-state index is 0.0957. The number of rotatable bonds is 2. The Hall–Kier alpha value is -0.860. The van der Waals surface area contributed by atoms with Crippen molar-refractivity contribution in [1.82, 2.24) is 10.2 Å². The highest BCUT2D eigenvalue weighted by atomic mass is 15.2. The van der Waals surface area contributed by atoms with Gasteiger partial charge in [-0.3, -0.25) is 4.90 Å². The monoisotopic (exact) mass is 286 g/mol. The molecule has 1 saturated carbocycles. The number of nitrogens with one attached hydrogen (secondary N) is 1. The summed E-state index contributed by atoms with van der Waals surface area (Å²) in [5.74, 6) is 0.906. The van der Waals surface area contributed by atoms with Crippen molar-refractivity contribution in [3.63, 3.8) is 0 Å². The molecule has 116 valence electrons. The third kappa shape index (κ3) is 3.49. The third-order valence-electron chi connectivity index (χ3n) is 5.49. The van der Waals surface area contributed by atoms with Crippen LogP contribution in [-0.2, 0) is 5.54 Å². The van der Waals surface area contributed by atoms with Crippen LogP contribution in [0.25, 0.3) is 0 Å². The van der Waals surface area contributed by atoms with Gasteiger partial charge in [0.2, 0.25) is 0 Å².